The van der Waals surface area contributed by atoms with Crippen LogP contribution in [0.4, 0.5) is 0 Å². The molecule has 2 atom stereocenters. The maximum atomic E-state index is 14.6. The molecule has 8 aromatic rings. The van der Waals surface area contributed by atoms with E-state index in [1.165, 1.54) is 44.6 Å². The zero-order valence-electron chi connectivity index (χ0n) is 50.8. The minimum Gasteiger partial charge on any atom is -0.546 e. The quantitative estimate of drug-likeness (QED) is 0.0827. The Labute approximate surface area is 549 Å². The Morgan fingerprint density at radius 2 is 0.919 bits per heavy atom. The second-order valence-corrected chi connectivity index (χ2v) is 26.2. The topological polar surface area (TPSA) is 299 Å². The van der Waals surface area contributed by atoms with Crippen LogP contribution in [0.5, 0.6) is 34.5 Å². The first kappa shape index (κ1) is 70.8. The number of methoxy groups -OCH3 is 4. The first-order chi connectivity index (χ1) is 39.6. The van der Waals surface area contributed by atoms with Crippen LogP contribution in [0.15, 0.2) is 93.2 Å². The van der Waals surface area contributed by atoms with E-state index in [9.17, 15) is 45.1 Å². The van der Waals surface area contributed by atoms with Gasteiger partial charge in [0.1, 0.15) is 47.7 Å². The zero-order valence-corrected chi connectivity index (χ0v) is 58.0. The first-order valence-electron chi connectivity index (χ1n) is 25.9. The third-order valence-corrected chi connectivity index (χ3v) is 20.0. The summed E-state index contributed by atoms with van der Waals surface area (Å²) in [5.74, 6) is -1.16. The molecular formula is C58H64N6Na2O16S4. The third-order valence-electron chi connectivity index (χ3n) is 13.5. The van der Waals surface area contributed by atoms with Crippen LogP contribution in [-0.4, -0.2) is 107 Å². The van der Waals surface area contributed by atoms with Crippen LogP contribution in [0, 0.1) is 41.5 Å². The predicted molar refractivity (Wildman–Crippen MR) is 310 cm³/mol. The molecule has 0 radical (unpaired) electrons. The molecule has 0 saturated carbocycles. The van der Waals surface area contributed by atoms with Gasteiger partial charge in [0.25, 0.3) is 20.0 Å². The number of ether oxygens (including phenoxy) is 6. The molecular weight excluding hydrogens is 1210 g/mol. The van der Waals surface area contributed by atoms with Crippen molar-refractivity contribution in [1.82, 2.24) is 27.9 Å². The Hall–Kier alpha value is -5.94. The number of rotatable bonds is 22. The summed E-state index contributed by atoms with van der Waals surface area (Å²) in [7, 11) is -6.71. The number of nitrogens with zero attached hydrogens (tertiary/aromatic N) is 6. The number of pyridine rings is 2. The van der Waals surface area contributed by atoms with Crippen molar-refractivity contribution >= 4 is 75.7 Å². The number of aryl methyl sites for hydroxylation is 4. The summed E-state index contributed by atoms with van der Waals surface area (Å²) in [6.07, 6.45) is 3.23. The first-order valence-corrected chi connectivity index (χ1v) is 31.4. The van der Waals surface area contributed by atoms with Gasteiger partial charge in [0, 0.05) is 46.8 Å². The van der Waals surface area contributed by atoms with Gasteiger partial charge in [0.2, 0.25) is 10.3 Å². The van der Waals surface area contributed by atoms with Gasteiger partial charge >= 0.3 is 59.1 Å². The molecule has 4 aromatic heterocycles. The fourth-order valence-corrected chi connectivity index (χ4v) is 16.8. The number of carbonyl (C=O) groups is 2. The second kappa shape index (κ2) is 29.4. The summed E-state index contributed by atoms with van der Waals surface area (Å²) < 4.78 is 120. The third kappa shape index (κ3) is 15.0. The number of carboxylic acids is 2. The van der Waals surface area contributed by atoms with E-state index in [0.29, 0.717) is 73.3 Å². The molecule has 0 spiro atoms. The number of aromatic nitrogens is 6. The van der Waals surface area contributed by atoms with Crippen LogP contribution in [0.1, 0.15) is 95.4 Å². The monoisotopic (exact) mass is 1270 g/mol. The van der Waals surface area contributed by atoms with E-state index in [2.05, 4.69) is 19.9 Å². The smallest absolute Gasteiger partial charge is 0.546 e. The van der Waals surface area contributed by atoms with Gasteiger partial charge in [-0.3, -0.25) is 18.4 Å². The van der Waals surface area contributed by atoms with Gasteiger partial charge in [-0.1, -0.05) is 27.7 Å². The Balaban J connectivity index is 0.000000307. The number of carboxylic acid groups (broad SMARTS) is 2. The number of carbonyl (C=O) groups excluding carboxylic acids is 2. The average molecular weight is 1280 g/mol. The van der Waals surface area contributed by atoms with Crippen LogP contribution in [0.2, 0.25) is 0 Å². The standard InChI is InChI=1S/2C29H33N3O8S2.2Na/c1-16(2)22-11-21(40-14-26(33)34)10-17(3)28(22)42(36,37)32-25-9-8-20(38-6)12-23(25)31-29(32)41(35)15-24-19(5)27(39-7)18(4)13-30-24;1-16(2)22-11-21(40-14-26(33)34)10-17(3)28(22)42(36,37)32-25-12-20(38-6)8-9-23(25)31-29(32)41(35)15-24-19(5)27(39-7)18(4)13-30-24;;/h2*8-13,16H,14-15H2,1-7H3,(H,33,34);;/q;;2*+1/p-2. The van der Waals surface area contributed by atoms with E-state index < -0.39 is 66.8 Å². The molecule has 28 heteroatoms. The molecule has 0 amide bonds. The van der Waals surface area contributed by atoms with Crippen LogP contribution < -0.4 is 97.7 Å². The number of hydrogen-bond donors (Lipinski definition) is 0. The molecule has 0 aliphatic rings. The molecule has 86 heavy (non-hydrogen) atoms. The SMILES string of the molecule is COc1ccc2c(c1)nc(S(=O)Cc1ncc(C)c(OC)c1C)n2S(=O)(=O)c1c(C)cc(OCC(=O)[O-])cc1C(C)C.COc1ccc2nc(S(=O)Cc3ncc(C)c(OC)c3C)n(S(=O)(=O)c3c(C)cc(OCC(=O)[O-])cc3C(C)C)c2c1.[Na+].[Na+]. The minimum atomic E-state index is -4.42. The van der Waals surface area contributed by atoms with Gasteiger partial charge in [-0.25, -0.2) is 34.7 Å². The summed E-state index contributed by atoms with van der Waals surface area (Å²) in [5.41, 5.74) is 6.43. The van der Waals surface area contributed by atoms with Gasteiger partial charge in [-0.15, -0.1) is 0 Å². The molecule has 0 saturated heterocycles. The van der Waals surface area contributed by atoms with Crippen molar-refractivity contribution in [3.05, 3.63) is 129 Å². The van der Waals surface area contributed by atoms with Gasteiger partial charge < -0.3 is 48.2 Å². The van der Waals surface area contributed by atoms with E-state index in [0.717, 1.165) is 19.1 Å². The molecule has 0 fully saturated rings. The number of imidazole rings is 2. The summed E-state index contributed by atoms with van der Waals surface area (Å²) in [4.78, 5) is 39.7. The minimum absolute atomic E-state index is 0. The van der Waals surface area contributed by atoms with Crippen molar-refractivity contribution in [1.29, 1.82) is 0 Å². The van der Waals surface area contributed by atoms with Crippen LogP contribution in [0.3, 0.4) is 0 Å². The molecule has 4 heterocycles. The van der Waals surface area contributed by atoms with E-state index in [-0.39, 0.29) is 131 Å². The number of hydrogen-bond acceptors (Lipinski definition) is 20. The summed E-state index contributed by atoms with van der Waals surface area (Å²) in [5, 5.41) is 21.5. The van der Waals surface area contributed by atoms with Crippen molar-refractivity contribution in [2.45, 2.75) is 113 Å². The fraction of sp³-hybridized carbons (Fsp3) is 0.345. The molecule has 22 nitrogen and oxygen atoms in total. The molecule has 4 aromatic carbocycles. The summed E-state index contributed by atoms with van der Waals surface area (Å²) in [6.45, 7) is 16.4. The van der Waals surface area contributed by atoms with E-state index in [1.54, 1.807) is 84.6 Å². The maximum absolute atomic E-state index is 14.6. The van der Waals surface area contributed by atoms with Crippen molar-refractivity contribution < 1.29 is 133 Å². The van der Waals surface area contributed by atoms with Gasteiger partial charge in [-0.2, -0.15) is 0 Å². The summed E-state index contributed by atoms with van der Waals surface area (Å²) >= 11 is 0. The molecule has 0 aliphatic heterocycles. The fourth-order valence-electron chi connectivity index (χ4n) is 9.57. The van der Waals surface area contributed by atoms with E-state index in [1.807, 2.05) is 41.5 Å². The van der Waals surface area contributed by atoms with Crippen molar-refractivity contribution in [2.24, 2.45) is 0 Å². The molecule has 448 valence electrons. The molecule has 0 N–H and O–H groups in total. The Kier molecular flexibility index (Phi) is 24.2. The van der Waals surface area contributed by atoms with Crippen molar-refractivity contribution in [2.75, 3.05) is 41.7 Å². The Morgan fingerprint density at radius 3 is 1.31 bits per heavy atom. The molecule has 8 rings (SSSR count). The Morgan fingerprint density at radius 1 is 0.523 bits per heavy atom. The second-order valence-electron chi connectivity index (χ2n) is 20.1. The normalized spacial score (nSPS) is 12.2. The van der Waals surface area contributed by atoms with Gasteiger partial charge in [0.05, 0.1) is 117 Å². The zero-order chi connectivity index (χ0) is 61.9. The molecule has 0 bridgehead atoms. The summed E-state index contributed by atoms with van der Waals surface area (Å²) in [6, 6.07) is 15.4. The van der Waals surface area contributed by atoms with Crippen molar-refractivity contribution in [3.63, 3.8) is 0 Å². The van der Waals surface area contributed by atoms with E-state index >= 15 is 0 Å². The number of fused-ring (bicyclic) bond motifs is 2. The van der Waals surface area contributed by atoms with Gasteiger partial charge in [-0.05, 0) is 124 Å². The maximum Gasteiger partial charge on any atom is 1.00 e. The average Bonchev–Trinajstić information content (AvgIpc) is 1.53. The molecule has 2 unspecified atom stereocenters. The molecule has 0 aliphatic carbocycles. The number of aliphatic carboxylic acids is 2. The predicted octanol–water partition coefficient (Wildman–Crippen LogP) is 0.349. The van der Waals surface area contributed by atoms with Crippen molar-refractivity contribution in [3.8, 4) is 34.5 Å². The van der Waals surface area contributed by atoms with Crippen LogP contribution in [0.25, 0.3) is 22.1 Å². The van der Waals surface area contributed by atoms with Crippen LogP contribution >= 0.6 is 0 Å². The number of benzene rings is 4. The van der Waals surface area contributed by atoms with E-state index in [4.69, 9.17) is 28.4 Å². The Bertz CT molecular complexity index is 4100. The largest absolute Gasteiger partial charge is 1.00 e. The van der Waals surface area contributed by atoms with Crippen LogP contribution in [-0.2, 0) is 62.7 Å². The van der Waals surface area contributed by atoms with Gasteiger partial charge in [0.15, 0.2) is 0 Å².